The van der Waals surface area contributed by atoms with Gasteiger partial charge in [0.05, 0.1) is 6.04 Å². The minimum atomic E-state index is -0.0433. The van der Waals surface area contributed by atoms with Crippen LogP contribution in [-0.4, -0.2) is 48.3 Å². The van der Waals surface area contributed by atoms with E-state index in [0.717, 1.165) is 12.2 Å². The number of aromatic nitrogens is 5. The number of hydrogen-bond acceptors (Lipinski definition) is 5. The van der Waals surface area contributed by atoms with Gasteiger partial charge < -0.3 is 14.2 Å². The van der Waals surface area contributed by atoms with Crippen molar-refractivity contribution in [2.24, 2.45) is 0 Å². The number of rotatable bonds is 3. The van der Waals surface area contributed by atoms with Gasteiger partial charge in [-0.1, -0.05) is 0 Å². The van der Waals surface area contributed by atoms with E-state index in [0.29, 0.717) is 18.1 Å². The Labute approximate surface area is 138 Å². The van der Waals surface area contributed by atoms with Crippen LogP contribution in [0.5, 0.6) is 5.88 Å². The zero-order chi connectivity index (χ0) is 16.7. The molecule has 0 fully saturated rings. The zero-order valence-electron chi connectivity index (χ0n) is 13.6. The van der Waals surface area contributed by atoms with E-state index in [1.54, 1.807) is 12.1 Å². The van der Waals surface area contributed by atoms with Gasteiger partial charge in [-0.3, -0.25) is 4.79 Å². The molecule has 124 valence electrons. The molecule has 0 saturated heterocycles. The minimum Gasteiger partial charge on any atom is -0.467 e. The summed E-state index contributed by atoms with van der Waals surface area (Å²) in [6.45, 7) is 5.59. The molecule has 0 aliphatic carbocycles. The Morgan fingerprint density at radius 3 is 3.04 bits per heavy atom. The Morgan fingerprint density at radius 1 is 1.29 bits per heavy atom. The highest BCUT2D eigenvalue weighted by molar-refractivity contribution is 5.78. The van der Waals surface area contributed by atoms with Gasteiger partial charge in [-0.2, -0.15) is 4.52 Å². The molecule has 0 N–H and O–H groups in total. The van der Waals surface area contributed by atoms with Crippen LogP contribution in [-0.2, 0) is 11.3 Å². The van der Waals surface area contributed by atoms with Gasteiger partial charge in [0.2, 0.25) is 5.88 Å². The smallest absolute Gasteiger partial charge is 0.261 e. The summed E-state index contributed by atoms with van der Waals surface area (Å²) in [5, 5.41) is 11.8. The van der Waals surface area contributed by atoms with E-state index in [9.17, 15) is 4.79 Å². The first-order valence-corrected chi connectivity index (χ1v) is 7.89. The van der Waals surface area contributed by atoms with Crippen molar-refractivity contribution < 1.29 is 9.53 Å². The summed E-state index contributed by atoms with van der Waals surface area (Å²) in [6, 6.07) is 7.65. The summed E-state index contributed by atoms with van der Waals surface area (Å²) in [5.74, 6) is 0.331. The molecule has 24 heavy (non-hydrogen) atoms. The maximum Gasteiger partial charge on any atom is 0.261 e. The van der Waals surface area contributed by atoms with Crippen LogP contribution in [0.25, 0.3) is 5.65 Å². The number of carbonyl (C=O) groups is 1. The Balaban J connectivity index is 1.44. The van der Waals surface area contributed by atoms with E-state index < -0.39 is 0 Å². The summed E-state index contributed by atoms with van der Waals surface area (Å²) in [6.07, 6.45) is 1.49. The van der Waals surface area contributed by atoms with Crippen LogP contribution < -0.4 is 4.74 Å². The van der Waals surface area contributed by atoms with Gasteiger partial charge in [-0.15, -0.1) is 15.3 Å². The molecule has 3 aromatic heterocycles. The van der Waals surface area contributed by atoms with Crippen molar-refractivity contribution in [3.05, 3.63) is 42.0 Å². The molecule has 0 spiro atoms. The van der Waals surface area contributed by atoms with Gasteiger partial charge in [0, 0.05) is 30.5 Å². The molecule has 0 aromatic carbocycles. The highest BCUT2D eigenvalue weighted by Gasteiger charge is 2.28. The number of ether oxygens (including phenoxy) is 1. The second-order valence-corrected chi connectivity index (χ2v) is 5.91. The number of amides is 1. The third kappa shape index (κ3) is 2.40. The van der Waals surface area contributed by atoms with Gasteiger partial charge in [-0.25, -0.2) is 0 Å². The first-order valence-electron chi connectivity index (χ1n) is 7.89. The summed E-state index contributed by atoms with van der Waals surface area (Å²) in [7, 11) is 0. The molecule has 1 atom stereocenters. The molecular weight excluding hydrogens is 308 g/mol. The molecule has 1 aliphatic rings. The zero-order valence-corrected chi connectivity index (χ0v) is 13.6. The Morgan fingerprint density at radius 2 is 2.17 bits per heavy atom. The lowest BCUT2D eigenvalue weighted by Crippen LogP contribution is -2.43. The van der Waals surface area contributed by atoms with Gasteiger partial charge >= 0.3 is 0 Å². The summed E-state index contributed by atoms with van der Waals surface area (Å²) >= 11 is 0. The fourth-order valence-electron chi connectivity index (χ4n) is 3.17. The number of hydrogen-bond donors (Lipinski definition) is 0. The van der Waals surface area contributed by atoms with Crippen LogP contribution in [0.3, 0.4) is 0 Å². The maximum atomic E-state index is 12.5. The normalized spacial score (nSPS) is 17.1. The second-order valence-electron chi connectivity index (χ2n) is 5.91. The number of fused-ring (bicyclic) bond motifs is 2. The lowest BCUT2D eigenvalue weighted by molar-refractivity contribution is -0.136. The van der Waals surface area contributed by atoms with Crippen molar-refractivity contribution in [2.75, 3.05) is 13.2 Å². The first-order chi connectivity index (χ1) is 11.6. The van der Waals surface area contributed by atoms with Crippen molar-refractivity contribution in [1.29, 1.82) is 0 Å². The van der Waals surface area contributed by atoms with E-state index in [1.165, 1.54) is 16.5 Å². The van der Waals surface area contributed by atoms with Gasteiger partial charge in [0.25, 0.3) is 5.91 Å². The molecule has 4 heterocycles. The third-order valence-corrected chi connectivity index (χ3v) is 4.49. The van der Waals surface area contributed by atoms with Crippen molar-refractivity contribution in [2.45, 2.75) is 26.4 Å². The highest BCUT2D eigenvalue weighted by atomic mass is 16.5. The van der Waals surface area contributed by atoms with E-state index in [2.05, 4.69) is 38.9 Å². The van der Waals surface area contributed by atoms with Crippen molar-refractivity contribution in [1.82, 2.24) is 29.3 Å². The van der Waals surface area contributed by atoms with Crippen LogP contribution in [0.2, 0.25) is 0 Å². The summed E-state index contributed by atoms with van der Waals surface area (Å²) < 4.78 is 9.33. The lowest BCUT2D eigenvalue weighted by Gasteiger charge is -2.35. The molecule has 3 aromatic rings. The largest absolute Gasteiger partial charge is 0.467 e. The SMILES string of the molecule is Cc1ccc2n1CCN(C(=O)COc1ccc3nncn3n1)[C@@H]2C. The van der Waals surface area contributed by atoms with Crippen LogP contribution in [0, 0.1) is 6.92 Å². The average Bonchev–Trinajstić information content (AvgIpc) is 3.20. The quantitative estimate of drug-likeness (QED) is 0.723. The minimum absolute atomic E-state index is 0.0370. The Bertz CT molecular complexity index is 899. The second kappa shape index (κ2) is 5.63. The molecule has 8 heteroatoms. The first kappa shape index (κ1) is 14.7. The third-order valence-electron chi connectivity index (χ3n) is 4.49. The Kier molecular flexibility index (Phi) is 3.44. The molecule has 4 rings (SSSR count). The monoisotopic (exact) mass is 326 g/mol. The molecule has 0 radical (unpaired) electrons. The predicted molar refractivity (Wildman–Crippen MR) is 85.6 cm³/mol. The van der Waals surface area contributed by atoms with E-state index >= 15 is 0 Å². The van der Waals surface area contributed by atoms with E-state index in [4.69, 9.17) is 4.74 Å². The van der Waals surface area contributed by atoms with Crippen LogP contribution >= 0.6 is 0 Å². The van der Waals surface area contributed by atoms with Crippen LogP contribution in [0.1, 0.15) is 24.4 Å². The van der Waals surface area contributed by atoms with Gasteiger partial charge in [0.1, 0.15) is 6.33 Å². The lowest BCUT2D eigenvalue weighted by atomic mass is 10.1. The summed E-state index contributed by atoms with van der Waals surface area (Å²) in [4.78, 5) is 14.4. The molecule has 0 saturated carbocycles. The molecule has 1 aliphatic heterocycles. The summed E-state index contributed by atoms with van der Waals surface area (Å²) in [5.41, 5.74) is 3.03. The van der Waals surface area contributed by atoms with Crippen molar-refractivity contribution in [3.8, 4) is 5.88 Å². The van der Waals surface area contributed by atoms with Crippen LogP contribution in [0.15, 0.2) is 30.6 Å². The molecular formula is C16H18N6O2. The predicted octanol–water partition coefficient (Wildman–Crippen LogP) is 1.22. The highest BCUT2D eigenvalue weighted by Crippen LogP contribution is 2.27. The van der Waals surface area contributed by atoms with Crippen LogP contribution in [0.4, 0.5) is 0 Å². The molecule has 0 bridgehead atoms. The average molecular weight is 326 g/mol. The molecule has 8 nitrogen and oxygen atoms in total. The molecule has 0 unspecified atom stereocenters. The fraction of sp³-hybridized carbons (Fsp3) is 0.375. The van der Waals surface area contributed by atoms with Crippen molar-refractivity contribution in [3.63, 3.8) is 0 Å². The standard InChI is InChI=1S/C16H18N6O2/c1-11-3-4-13-12(2)21(8-7-20(11)13)16(23)9-24-15-6-5-14-18-17-10-22(14)19-15/h3-6,10,12H,7-9H2,1-2H3/t12-/m1/s1. The van der Waals surface area contributed by atoms with Crippen molar-refractivity contribution >= 4 is 11.6 Å². The number of carbonyl (C=O) groups excluding carboxylic acids is 1. The molecule has 1 amide bonds. The fourth-order valence-corrected chi connectivity index (χ4v) is 3.17. The van der Waals surface area contributed by atoms with E-state index in [-0.39, 0.29) is 18.6 Å². The Hall–Kier alpha value is -2.90. The maximum absolute atomic E-state index is 12.5. The topological polar surface area (TPSA) is 77.5 Å². The van der Waals surface area contributed by atoms with Gasteiger partial charge in [0.15, 0.2) is 12.3 Å². The number of nitrogens with zero attached hydrogens (tertiary/aromatic N) is 6. The van der Waals surface area contributed by atoms with Gasteiger partial charge in [-0.05, 0) is 32.0 Å². The van der Waals surface area contributed by atoms with E-state index in [1.807, 2.05) is 11.8 Å². The number of aryl methyl sites for hydroxylation is 1.